The summed E-state index contributed by atoms with van der Waals surface area (Å²) in [6, 6.07) is 3.13. The summed E-state index contributed by atoms with van der Waals surface area (Å²) >= 11 is 10.6. The molecule has 1 aliphatic heterocycles. The molecule has 23 heavy (non-hydrogen) atoms. The number of hydrogen-bond donors (Lipinski definition) is 0. The van der Waals surface area contributed by atoms with Gasteiger partial charge in [-0.2, -0.15) is 0 Å². The molecule has 0 bridgehead atoms. The highest BCUT2D eigenvalue weighted by Gasteiger charge is 2.33. The molecule has 0 N–H and O–H groups in total. The van der Waals surface area contributed by atoms with Gasteiger partial charge in [-0.3, -0.25) is 9.59 Å². The monoisotopic (exact) mass is 419 g/mol. The molecule has 1 aromatic carbocycles. The second-order valence-corrected chi connectivity index (χ2v) is 7.61. The first-order valence-electron chi connectivity index (χ1n) is 6.84. The van der Waals surface area contributed by atoms with Crippen molar-refractivity contribution in [1.29, 1.82) is 0 Å². The number of esters is 1. The van der Waals surface area contributed by atoms with Crippen LogP contribution < -0.4 is 4.90 Å². The fourth-order valence-corrected chi connectivity index (χ4v) is 3.59. The van der Waals surface area contributed by atoms with E-state index in [-0.39, 0.29) is 22.5 Å². The largest absolute Gasteiger partial charge is 0.465 e. The number of hydrogen-bond acceptors (Lipinski definition) is 5. The van der Waals surface area contributed by atoms with Crippen LogP contribution in [0.25, 0.3) is 0 Å². The van der Waals surface area contributed by atoms with Gasteiger partial charge in [0.05, 0.1) is 23.4 Å². The number of benzene rings is 1. The van der Waals surface area contributed by atoms with Crippen LogP contribution in [0.3, 0.4) is 0 Å². The average Bonchev–Trinajstić information content (AvgIpc) is 2.87. The highest BCUT2D eigenvalue weighted by atomic mass is 79.9. The minimum Gasteiger partial charge on any atom is -0.465 e. The van der Waals surface area contributed by atoms with E-state index in [1.54, 1.807) is 12.1 Å². The fraction of sp³-hybridized carbons (Fsp3) is 0.400. The lowest BCUT2D eigenvalue weighted by atomic mass is 10.1. The first-order valence-corrected chi connectivity index (χ1v) is 9.00. The van der Waals surface area contributed by atoms with Gasteiger partial charge in [0.25, 0.3) is 0 Å². The Kier molecular flexibility index (Phi) is 6.11. The van der Waals surface area contributed by atoms with Crippen LogP contribution in [0.4, 0.5) is 5.69 Å². The number of amides is 1. The third-order valence-corrected chi connectivity index (χ3v) is 5.70. The summed E-state index contributed by atoms with van der Waals surface area (Å²) in [5.41, 5.74) is 0.711. The van der Waals surface area contributed by atoms with Crippen molar-refractivity contribution in [2.24, 2.45) is 5.92 Å². The maximum absolute atomic E-state index is 12.3. The van der Waals surface area contributed by atoms with Gasteiger partial charge in [0.2, 0.25) is 5.91 Å². The third-order valence-electron chi connectivity index (χ3n) is 3.46. The number of carbonyl (C=O) groups is 3. The van der Waals surface area contributed by atoms with Gasteiger partial charge in [-0.05, 0) is 34.0 Å². The third kappa shape index (κ3) is 4.28. The molecular weight excluding hydrogens is 406 g/mol. The average molecular weight is 421 g/mol. The molecule has 1 heterocycles. The number of nitrogens with zero attached hydrogens (tertiary/aromatic N) is 1. The van der Waals surface area contributed by atoms with Crippen LogP contribution in [0.5, 0.6) is 0 Å². The number of anilines is 1. The second-order valence-electron chi connectivity index (χ2n) is 5.15. The normalized spacial score (nSPS) is 17.5. The van der Waals surface area contributed by atoms with Crippen molar-refractivity contribution in [3.8, 4) is 0 Å². The molecule has 0 saturated carbocycles. The van der Waals surface area contributed by atoms with Crippen LogP contribution in [0.1, 0.15) is 23.7 Å². The first-order chi connectivity index (χ1) is 10.8. The topological polar surface area (TPSA) is 63.7 Å². The minimum atomic E-state index is -0.535. The van der Waals surface area contributed by atoms with Crippen LogP contribution in [-0.4, -0.2) is 36.4 Å². The molecule has 124 valence electrons. The highest BCUT2D eigenvalue weighted by molar-refractivity contribution is 9.10. The molecule has 0 aliphatic carbocycles. The Morgan fingerprint density at radius 2 is 2.17 bits per heavy atom. The van der Waals surface area contributed by atoms with E-state index in [0.717, 1.165) is 0 Å². The summed E-state index contributed by atoms with van der Waals surface area (Å²) in [4.78, 5) is 36.9. The summed E-state index contributed by atoms with van der Waals surface area (Å²) < 4.78 is 5.34. The lowest BCUT2D eigenvalue weighted by Gasteiger charge is -2.20. The first kappa shape index (κ1) is 18.3. The van der Waals surface area contributed by atoms with Crippen LogP contribution in [-0.2, 0) is 14.3 Å². The van der Waals surface area contributed by atoms with Gasteiger partial charge >= 0.3 is 5.97 Å². The van der Waals surface area contributed by atoms with Crippen molar-refractivity contribution in [2.75, 3.05) is 24.3 Å². The lowest BCUT2D eigenvalue weighted by Crippen LogP contribution is -2.27. The maximum Gasteiger partial charge on any atom is 0.340 e. The van der Waals surface area contributed by atoms with Crippen molar-refractivity contribution in [3.05, 3.63) is 27.2 Å². The predicted molar refractivity (Wildman–Crippen MR) is 94.1 cm³/mol. The number of rotatable bonds is 4. The summed E-state index contributed by atoms with van der Waals surface area (Å²) in [5, 5.41) is 0.430. The van der Waals surface area contributed by atoms with Crippen molar-refractivity contribution < 1.29 is 19.1 Å². The maximum atomic E-state index is 12.3. The van der Waals surface area contributed by atoms with E-state index < -0.39 is 5.97 Å². The molecule has 1 amide bonds. The molecule has 1 aromatic rings. The lowest BCUT2D eigenvalue weighted by molar-refractivity contribution is -0.117. The van der Waals surface area contributed by atoms with E-state index in [0.29, 0.717) is 33.9 Å². The zero-order chi connectivity index (χ0) is 17.1. The van der Waals surface area contributed by atoms with E-state index in [2.05, 4.69) is 15.9 Å². The minimum absolute atomic E-state index is 0.0258. The molecule has 8 heteroatoms. The van der Waals surface area contributed by atoms with Crippen LogP contribution >= 0.6 is 39.3 Å². The van der Waals surface area contributed by atoms with Crippen LogP contribution in [0, 0.1) is 5.92 Å². The van der Waals surface area contributed by atoms with Gasteiger partial charge in [0, 0.05) is 30.1 Å². The summed E-state index contributed by atoms with van der Waals surface area (Å²) in [6.45, 7) is 1.95. The van der Waals surface area contributed by atoms with E-state index in [9.17, 15) is 14.4 Å². The summed E-state index contributed by atoms with van der Waals surface area (Å²) in [7, 11) is 1.28. The standard InChI is InChI=1S/C15H15BrClNO4S/c1-8(19)23-7-9-3-14(20)18(6-9)13-5-12(17)11(16)4-10(13)15(21)22-2/h4-5,9H,3,6-7H2,1-2H3. The Labute approximate surface area is 151 Å². The van der Waals surface area contributed by atoms with E-state index in [1.165, 1.54) is 30.7 Å². The van der Waals surface area contributed by atoms with Crippen LogP contribution in [0.15, 0.2) is 16.6 Å². The second kappa shape index (κ2) is 7.68. The van der Waals surface area contributed by atoms with E-state index in [4.69, 9.17) is 16.3 Å². The molecule has 0 spiro atoms. The number of methoxy groups -OCH3 is 1. The molecule has 1 atom stereocenters. The van der Waals surface area contributed by atoms with Gasteiger partial charge in [-0.1, -0.05) is 23.4 Å². The van der Waals surface area contributed by atoms with Crippen molar-refractivity contribution in [1.82, 2.24) is 0 Å². The molecule has 0 radical (unpaired) electrons. The van der Waals surface area contributed by atoms with Crippen molar-refractivity contribution >= 4 is 62.0 Å². The molecular formula is C15H15BrClNO4S. The zero-order valence-corrected chi connectivity index (χ0v) is 15.8. The van der Waals surface area contributed by atoms with Gasteiger partial charge in [0.1, 0.15) is 0 Å². The Morgan fingerprint density at radius 3 is 2.78 bits per heavy atom. The Balaban J connectivity index is 2.30. The molecule has 1 saturated heterocycles. The number of carbonyl (C=O) groups excluding carboxylic acids is 3. The smallest absolute Gasteiger partial charge is 0.340 e. The van der Waals surface area contributed by atoms with Crippen LogP contribution in [0.2, 0.25) is 5.02 Å². The van der Waals surface area contributed by atoms with E-state index >= 15 is 0 Å². The Hall–Kier alpha value is -1.05. The number of halogens is 2. The van der Waals surface area contributed by atoms with Crippen molar-refractivity contribution in [2.45, 2.75) is 13.3 Å². The summed E-state index contributed by atoms with van der Waals surface area (Å²) in [6.07, 6.45) is 0.342. The van der Waals surface area contributed by atoms with Gasteiger partial charge in [0.15, 0.2) is 5.12 Å². The Morgan fingerprint density at radius 1 is 1.48 bits per heavy atom. The molecule has 5 nitrogen and oxygen atoms in total. The molecule has 0 aromatic heterocycles. The number of ether oxygens (including phenoxy) is 1. The van der Waals surface area contributed by atoms with Crippen molar-refractivity contribution in [3.63, 3.8) is 0 Å². The molecule has 1 unspecified atom stereocenters. The Bertz CT molecular complexity index is 667. The fourth-order valence-electron chi connectivity index (χ4n) is 2.39. The summed E-state index contributed by atoms with van der Waals surface area (Å²) in [5.74, 6) is 0.00815. The number of thioether (sulfide) groups is 1. The zero-order valence-electron chi connectivity index (χ0n) is 12.6. The van der Waals surface area contributed by atoms with Gasteiger partial charge < -0.3 is 9.64 Å². The highest BCUT2D eigenvalue weighted by Crippen LogP contribution is 2.35. The van der Waals surface area contributed by atoms with Gasteiger partial charge in [-0.25, -0.2) is 4.79 Å². The predicted octanol–water partition coefficient (Wildman–Crippen LogP) is 3.52. The van der Waals surface area contributed by atoms with Gasteiger partial charge in [-0.15, -0.1) is 0 Å². The molecule has 1 fully saturated rings. The quantitative estimate of drug-likeness (QED) is 0.697. The molecule has 2 rings (SSSR count). The van der Waals surface area contributed by atoms with E-state index in [1.807, 2.05) is 0 Å². The SMILES string of the molecule is COC(=O)c1cc(Br)c(Cl)cc1N1CC(CSC(C)=O)CC1=O. The molecule has 1 aliphatic rings.